The summed E-state index contributed by atoms with van der Waals surface area (Å²) >= 11 is 0. The van der Waals surface area contributed by atoms with Crippen molar-refractivity contribution in [2.45, 2.75) is 32.8 Å². The number of hydrogen-bond acceptors (Lipinski definition) is 3. The molecule has 0 spiro atoms. The van der Waals surface area contributed by atoms with Crippen molar-refractivity contribution in [2.75, 3.05) is 26.7 Å². The molecule has 4 heteroatoms. The molecule has 0 amide bonds. The molecule has 1 saturated heterocycles. The number of carboxylic acids is 1. The number of hydrogen-bond donors (Lipinski definition) is 1. The van der Waals surface area contributed by atoms with Crippen molar-refractivity contribution in [1.82, 2.24) is 4.90 Å². The van der Waals surface area contributed by atoms with E-state index in [1.54, 1.807) is 0 Å². The number of ether oxygens (including phenoxy) is 1. The van der Waals surface area contributed by atoms with Crippen LogP contribution in [-0.4, -0.2) is 48.8 Å². The molecule has 0 aromatic carbocycles. The molecule has 0 aliphatic carbocycles. The van der Waals surface area contributed by atoms with Crippen LogP contribution in [0.25, 0.3) is 0 Å². The minimum absolute atomic E-state index is 0.427. The Labute approximate surface area is 91.2 Å². The third-order valence-corrected chi connectivity index (χ3v) is 3.60. The van der Waals surface area contributed by atoms with Gasteiger partial charge in [-0.25, -0.2) is 4.79 Å². The van der Waals surface area contributed by atoms with Gasteiger partial charge < -0.3 is 9.84 Å². The number of rotatable bonds is 6. The molecule has 0 saturated carbocycles. The number of methoxy groups -OCH3 is 1. The van der Waals surface area contributed by atoms with E-state index in [1.165, 1.54) is 20.0 Å². The van der Waals surface area contributed by atoms with E-state index in [0.29, 0.717) is 12.0 Å². The molecule has 1 fully saturated rings. The molecule has 1 rings (SSSR count). The van der Waals surface area contributed by atoms with E-state index in [-0.39, 0.29) is 0 Å². The summed E-state index contributed by atoms with van der Waals surface area (Å²) in [7, 11) is 1.45. The molecular formula is C11H21NO3. The van der Waals surface area contributed by atoms with Gasteiger partial charge in [0.1, 0.15) is 0 Å². The van der Waals surface area contributed by atoms with Gasteiger partial charge in [-0.2, -0.15) is 0 Å². The highest BCUT2D eigenvalue weighted by Gasteiger charge is 2.40. The quantitative estimate of drug-likeness (QED) is 0.723. The van der Waals surface area contributed by atoms with Crippen LogP contribution in [0, 0.1) is 5.41 Å². The van der Waals surface area contributed by atoms with Crippen LogP contribution in [0.15, 0.2) is 0 Å². The van der Waals surface area contributed by atoms with Crippen molar-refractivity contribution in [1.29, 1.82) is 0 Å². The molecule has 0 aromatic heterocycles. The van der Waals surface area contributed by atoms with Gasteiger partial charge >= 0.3 is 5.97 Å². The molecule has 1 N–H and O–H groups in total. The van der Waals surface area contributed by atoms with Crippen LogP contribution < -0.4 is 0 Å². The average molecular weight is 215 g/mol. The van der Waals surface area contributed by atoms with E-state index in [1.807, 2.05) is 0 Å². The van der Waals surface area contributed by atoms with Crippen molar-refractivity contribution in [3.05, 3.63) is 0 Å². The molecule has 0 bridgehead atoms. The maximum Gasteiger partial charge on any atom is 0.334 e. The van der Waals surface area contributed by atoms with E-state index >= 15 is 0 Å². The summed E-state index contributed by atoms with van der Waals surface area (Å²) in [4.78, 5) is 12.9. The van der Waals surface area contributed by atoms with Crippen LogP contribution in [0.4, 0.5) is 0 Å². The van der Waals surface area contributed by atoms with Gasteiger partial charge in [-0.05, 0) is 18.3 Å². The normalized spacial score (nSPS) is 22.1. The van der Waals surface area contributed by atoms with E-state index in [0.717, 1.165) is 13.1 Å². The zero-order chi connectivity index (χ0) is 11.5. The average Bonchev–Trinajstić information content (AvgIpc) is 2.16. The predicted molar refractivity (Wildman–Crippen MR) is 57.9 cm³/mol. The second-order valence-electron chi connectivity index (χ2n) is 4.44. The fraction of sp³-hybridized carbons (Fsp3) is 0.909. The Kier molecular flexibility index (Phi) is 4.11. The molecule has 0 radical (unpaired) electrons. The fourth-order valence-corrected chi connectivity index (χ4v) is 2.22. The Bertz CT molecular complexity index is 218. The summed E-state index contributed by atoms with van der Waals surface area (Å²) < 4.78 is 4.91. The minimum Gasteiger partial charge on any atom is -0.479 e. The third-order valence-electron chi connectivity index (χ3n) is 3.60. The summed E-state index contributed by atoms with van der Waals surface area (Å²) in [5, 5.41) is 8.83. The molecule has 0 aromatic rings. The Morgan fingerprint density at radius 3 is 2.33 bits per heavy atom. The standard InChI is InChI=1S/C11H21NO3/c1-4-11(5-2)7-12(8-11)6-9(15-3)10(13)14/h9H,4-8H2,1-3H3,(H,13,14). The summed E-state index contributed by atoms with van der Waals surface area (Å²) in [6.07, 6.45) is 1.66. The van der Waals surface area contributed by atoms with E-state index in [2.05, 4.69) is 18.7 Å². The van der Waals surface area contributed by atoms with E-state index in [4.69, 9.17) is 9.84 Å². The largest absolute Gasteiger partial charge is 0.479 e. The first-order chi connectivity index (χ1) is 7.06. The smallest absolute Gasteiger partial charge is 0.334 e. The number of nitrogens with zero attached hydrogens (tertiary/aromatic N) is 1. The summed E-state index contributed by atoms with van der Waals surface area (Å²) in [5.74, 6) is -0.872. The van der Waals surface area contributed by atoms with Crippen molar-refractivity contribution < 1.29 is 14.6 Å². The molecule has 15 heavy (non-hydrogen) atoms. The first-order valence-corrected chi connectivity index (χ1v) is 5.55. The predicted octanol–water partition coefficient (Wildman–Crippen LogP) is 1.21. The van der Waals surface area contributed by atoms with Crippen LogP contribution >= 0.6 is 0 Å². The van der Waals surface area contributed by atoms with Crippen molar-refractivity contribution in [2.24, 2.45) is 5.41 Å². The number of aliphatic carboxylic acids is 1. The second-order valence-corrected chi connectivity index (χ2v) is 4.44. The topological polar surface area (TPSA) is 49.8 Å². The molecule has 1 aliphatic rings. The third kappa shape index (κ3) is 2.69. The van der Waals surface area contributed by atoms with Gasteiger partial charge in [0.2, 0.25) is 0 Å². The number of carbonyl (C=O) groups is 1. The number of likely N-dealkylation sites (tertiary alicyclic amines) is 1. The maximum absolute atomic E-state index is 10.8. The monoisotopic (exact) mass is 215 g/mol. The highest BCUT2D eigenvalue weighted by Crippen LogP contribution is 2.36. The van der Waals surface area contributed by atoms with Crippen LogP contribution in [0.1, 0.15) is 26.7 Å². The maximum atomic E-state index is 10.8. The second kappa shape index (κ2) is 4.94. The Morgan fingerprint density at radius 2 is 2.00 bits per heavy atom. The highest BCUT2D eigenvalue weighted by molar-refractivity contribution is 5.72. The summed E-state index contributed by atoms with van der Waals surface area (Å²) in [6.45, 7) is 6.92. The van der Waals surface area contributed by atoms with Crippen LogP contribution in [0.5, 0.6) is 0 Å². The van der Waals surface area contributed by atoms with Crippen LogP contribution in [0.2, 0.25) is 0 Å². The molecule has 1 unspecified atom stereocenters. The Balaban J connectivity index is 2.36. The SMILES string of the molecule is CCC1(CC)CN(CC(OC)C(=O)O)C1. The van der Waals surface area contributed by atoms with E-state index < -0.39 is 12.1 Å². The van der Waals surface area contributed by atoms with Crippen molar-refractivity contribution in [3.63, 3.8) is 0 Å². The van der Waals surface area contributed by atoms with Gasteiger partial charge in [-0.1, -0.05) is 13.8 Å². The van der Waals surface area contributed by atoms with E-state index in [9.17, 15) is 4.79 Å². The van der Waals surface area contributed by atoms with Gasteiger partial charge in [0.15, 0.2) is 6.10 Å². The summed E-state index contributed by atoms with van der Waals surface area (Å²) in [6, 6.07) is 0. The van der Waals surface area contributed by atoms with Gasteiger partial charge in [0.25, 0.3) is 0 Å². The first kappa shape index (κ1) is 12.5. The van der Waals surface area contributed by atoms with Gasteiger partial charge in [-0.3, -0.25) is 4.90 Å². The van der Waals surface area contributed by atoms with Gasteiger partial charge in [0, 0.05) is 26.7 Å². The Morgan fingerprint density at radius 1 is 1.47 bits per heavy atom. The zero-order valence-electron chi connectivity index (χ0n) is 9.82. The van der Waals surface area contributed by atoms with Gasteiger partial charge in [-0.15, -0.1) is 0 Å². The lowest BCUT2D eigenvalue weighted by Gasteiger charge is -2.50. The van der Waals surface area contributed by atoms with Crippen LogP contribution in [-0.2, 0) is 9.53 Å². The molecule has 1 atom stereocenters. The fourth-order valence-electron chi connectivity index (χ4n) is 2.22. The highest BCUT2D eigenvalue weighted by atomic mass is 16.5. The minimum atomic E-state index is -0.872. The molecule has 88 valence electrons. The summed E-state index contributed by atoms with van der Waals surface area (Å²) in [5.41, 5.74) is 0.427. The first-order valence-electron chi connectivity index (χ1n) is 5.55. The lowest BCUT2D eigenvalue weighted by molar-refractivity contribution is -0.152. The zero-order valence-corrected chi connectivity index (χ0v) is 9.82. The lowest BCUT2D eigenvalue weighted by atomic mass is 9.75. The molecule has 1 heterocycles. The molecule has 4 nitrogen and oxygen atoms in total. The molecular weight excluding hydrogens is 194 g/mol. The Hall–Kier alpha value is -0.610. The lowest BCUT2D eigenvalue weighted by Crippen LogP contribution is -2.58. The van der Waals surface area contributed by atoms with Crippen molar-refractivity contribution >= 4 is 5.97 Å². The molecule has 1 aliphatic heterocycles. The number of carboxylic acid groups (broad SMARTS) is 1. The van der Waals surface area contributed by atoms with Gasteiger partial charge in [0.05, 0.1) is 0 Å². The van der Waals surface area contributed by atoms with Crippen LogP contribution in [0.3, 0.4) is 0 Å². The van der Waals surface area contributed by atoms with Crippen molar-refractivity contribution in [3.8, 4) is 0 Å².